The second-order valence-corrected chi connectivity index (χ2v) is 6.71. The van der Waals surface area contributed by atoms with Crippen LogP contribution in [0.3, 0.4) is 0 Å². The van der Waals surface area contributed by atoms with Crippen molar-refractivity contribution in [3.63, 3.8) is 0 Å². The smallest absolute Gasteiger partial charge is 0.320 e. The molecule has 0 radical (unpaired) electrons. The summed E-state index contributed by atoms with van der Waals surface area (Å²) in [5.74, 6) is -0.898. The van der Waals surface area contributed by atoms with Crippen LogP contribution in [-0.4, -0.2) is 90.7 Å². The Hall–Kier alpha value is -2.38. The minimum atomic E-state index is -1.77. The molecule has 1 aliphatic rings. The average Bonchev–Trinajstić information content (AvgIpc) is 3.18. The number of carboxylic acids is 1. The van der Waals surface area contributed by atoms with Crippen molar-refractivity contribution in [2.24, 2.45) is 5.73 Å². The molecule has 1 fully saturated rings. The molecule has 0 amide bonds. The lowest BCUT2D eigenvalue weighted by Gasteiger charge is -2.29. The topological polar surface area (TPSA) is 186 Å². The second-order valence-electron chi connectivity index (χ2n) is 6.71. The number of nitrogens with two attached hydrogens (primary N) is 2. The van der Waals surface area contributed by atoms with E-state index in [-0.39, 0.29) is 31.0 Å². The predicted molar refractivity (Wildman–Crippen MR) is 93.4 cm³/mol. The minimum Gasteiger partial charge on any atom is -0.480 e. The van der Waals surface area contributed by atoms with Crippen molar-refractivity contribution in [1.29, 1.82) is 0 Å². The summed E-state index contributed by atoms with van der Waals surface area (Å²) in [7, 11) is 1.75. The van der Waals surface area contributed by atoms with Crippen molar-refractivity contribution >= 4 is 23.0 Å². The predicted octanol–water partition coefficient (Wildman–Crippen LogP) is -2.45. The van der Waals surface area contributed by atoms with Crippen LogP contribution in [0.5, 0.6) is 0 Å². The fraction of sp³-hybridized carbons (Fsp3) is 0.600. The van der Waals surface area contributed by atoms with E-state index in [0.717, 1.165) is 0 Å². The van der Waals surface area contributed by atoms with Crippen molar-refractivity contribution in [3.05, 3.63) is 12.7 Å². The van der Waals surface area contributed by atoms with Crippen molar-refractivity contribution in [2.75, 3.05) is 32.5 Å². The zero-order valence-electron chi connectivity index (χ0n) is 14.8. The molecule has 27 heavy (non-hydrogen) atoms. The monoisotopic (exact) mass is 381 g/mol. The first-order valence-electron chi connectivity index (χ1n) is 8.37. The number of rotatable bonds is 7. The maximum Gasteiger partial charge on any atom is 0.320 e. The normalized spacial score (nSPS) is 26.7. The lowest BCUT2D eigenvalue weighted by atomic mass is 10.0. The van der Waals surface area contributed by atoms with Crippen LogP contribution in [0.15, 0.2) is 12.7 Å². The number of imidazole rings is 1. The summed E-state index contributed by atoms with van der Waals surface area (Å²) >= 11 is 0. The molecule has 12 heteroatoms. The number of nitrogens with zero attached hydrogens (tertiary/aromatic N) is 5. The van der Waals surface area contributed by atoms with Crippen molar-refractivity contribution in [1.82, 2.24) is 24.4 Å². The summed E-state index contributed by atoms with van der Waals surface area (Å²) in [6.45, 7) is 0.506. The van der Waals surface area contributed by atoms with E-state index in [1.807, 2.05) is 0 Å². The molecule has 0 bridgehead atoms. The highest BCUT2D eigenvalue weighted by molar-refractivity contribution is 5.81. The number of aliphatic hydroxyl groups excluding tert-OH is 1. The van der Waals surface area contributed by atoms with Gasteiger partial charge in [0.25, 0.3) is 0 Å². The fourth-order valence-corrected chi connectivity index (χ4v) is 3.09. The summed E-state index contributed by atoms with van der Waals surface area (Å²) in [6.07, 6.45) is 0.874. The van der Waals surface area contributed by atoms with Crippen LogP contribution in [0, 0.1) is 0 Å². The average molecular weight is 381 g/mol. The molecule has 3 heterocycles. The number of carboxylic acid groups (broad SMARTS) is 1. The van der Waals surface area contributed by atoms with Gasteiger partial charge < -0.3 is 36.4 Å². The third kappa shape index (κ3) is 3.57. The van der Waals surface area contributed by atoms with Crippen LogP contribution in [0.1, 0.15) is 6.42 Å². The highest BCUT2D eigenvalue weighted by atomic mass is 16.5. The molecule has 7 N–H and O–H groups in total. The van der Waals surface area contributed by atoms with Gasteiger partial charge in [-0.05, 0) is 20.0 Å². The Balaban J connectivity index is 1.70. The van der Waals surface area contributed by atoms with Gasteiger partial charge in [-0.2, -0.15) is 0 Å². The van der Waals surface area contributed by atoms with Gasteiger partial charge in [0.15, 0.2) is 17.2 Å². The summed E-state index contributed by atoms with van der Waals surface area (Å²) in [4.78, 5) is 24.6. The van der Waals surface area contributed by atoms with E-state index in [9.17, 15) is 15.0 Å². The SMILES string of the molecule is CN(CCC(N)C(=O)O)C[C@H]1OC[C@](O)(n2cnc3c(N)ncnc32)[C@@H]1O. The molecule has 3 rings (SSSR count). The molecule has 0 aromatic carbocycles. The van der Waals surface area contributed by atoms with Crippen molar-refractivity contribution in [2.45, 2.75) is 30.4 Å². The largest absolute Gasteiger partial charge is 0.480 e. The number of ether oxygens (including phenoxy) is 1. The van der Waals surface area contributed by atoms with Gasteiger partial charge in [0.05, 0.1) is 12.9 Å². The quantitative estimate of drug-likeness (QED) is 0.342. The van der Waals surface area contributed by atoms with Crippen LogP contribution < -0.4 is 11.5 Å². The summed E-state index contributed by atoms with van der Waals surface area (Å²) in [5, 5.41) is 30.5. The van der Waals surface area contributed by atoms with E-state index in [1.54, 1.807) is 11.9 Å². The molecule has 1 aliphatic heterocycles. The zero-order chi connectivity index (χ0) is 19.8. The van der Waals surface area contributed by atoms with Crippen LogP contribution >= 0.6 is 0 Å². The molecular formula is C15H23N7O5. The van der Waals surface area contributed by atoms with E-state index in [2.05, 4.69) is 15.0 Å². The van der Waals surface area contributed by atoms with Gasteiger partial charge in [0.2, 0.25) is 0 Å². The molecule has 4 atom stereocenters. The van der Waals surface area contributed by atoms with Gasteiger partial charge in [-0.3, -0.25) is 9.36 Å². The maximum atomic E-state index is 11.0. The first-order valence-corrected chi connectivity index (χ1v) is 8.37. The zero-order valence-corrected chi connectivity index (χ0v) is 14.8. The van der Waals surface area contributed by atoms with Gasteiger partial charge in [0, 0.05) is 6.54 Å². The van der Waals surface area contributed by atoms with Gasteiger partial charge in [-0.1, -0.05) is 0 Å². The molecule has 1 unspecified atom stereocenters. The van der Waals surface area contributed by atoms with Crippen LogP contribution in [-0.2, 0) is 15.3 Å². The molecule has 2 aromatic rings. The van der Waals surface area contributed by atoms with E-state index >= 15 is 0 Å². The third-order valence-corrected chi connectivity index (χ3v) is 4.75. The number of anilines is 1. The van der Waals surface area contributed by atoms with Gasteiger partial charge in [0.1, 0.15) is 30.1 Å². The Labute approximate surface area is 154 Å². The minimum absolute atomic E-state index is 0.168. The first kappa shape index (κ1) is 19.4. The van der Waals surface area contributed by atoms with Crippen LogP contribution in [0.2, 0.25) is 0 Å². The van der Waals surface area contributed by atoms with E-state index < -0.39 is 29.9 Å². The summed E-state index contributed by atoms with van der Waals surface area (Å²) in [5.41, 5.74) is 10.1. The number of aromatic nitrogens is 4. The Bertz CT molecular complexity index is 830. The fourth-order valence-electron chi connectivity index (χ4n) is 3.09. The summed E-state index contributed by atoms with van der Waals surface area (Å²) < 4.78 is 6.92. The molecular weight excluding hydrogens is 358 g/mol. The number of hydrogen-bond acceptors (Lipinski definition) is 10. The molecule has 0 spiro atoms. The van der Waals surface area contributed by atoms with E-state index in [4.69, 9.17) is 21.3 Å². The highest BCUT2D eigenvalue weighted by Crippen LogP contribution is 2.32. The molecule has 2 aromatic heterocycles. The summed E-state index contributed by atoms with van der Waals surface area (Å²) in [6, 6.07) is -0.957. The lowest BCUT2D eigenvalue weighted by molar-refractivity contribution is -0.138. The second kappa shape index (κ2) is 7.32. The van der Waals surface area contributed by atoms with Gasteiger partial charge in [-0.25, -0.2) is 15.0 Å². The Morgan fingerprint density at radius 2 is 2.26 bits per heavy atom. The molecule has 148 valence electrons. The van der Waals surface area contributed by atoms with Gasteiger partial charge >= 0.3 is 5.97 Å². The third-order valence-electron chi connectivity index (χ3n) is 4.75. The standard InChI is InChI=1S/C15H23N7O5/c1-21(3-2-8(16)14(24)25)4-9-11(23)15(26,5-27-9)22-7-20-10-12(17)18-6-19-13(10)22/h6-9,11,23,26H,2-5,16H2,1H3,(H,24,25)(H2,17,18,19)/t8?,9-,11-,15-/m1/s1. The lowest BCUT2D eigenvalue weighted by Crippen LogP contribution is -2.48. The van der Waals surface area contributed by atoms with Crippen LogP contribution in [0.25, 0.3) is 11.2 Å². The van der Waals surface area contributed by atoms with Crippen molar-refractivity contribution in [3.8, 4) is 0 Å². The molecule has 1 saturated heterocycles. The number of aliphatic carboxylic acids is 1. The maximum absolute atomic E-state index is 11.0. The highest BCUT2D eigenvalue weighted by Gasteiger charge is 2.50. The van der Waals surface area contributed by atoms with Crippen molar-refractivity contribution < 1.29 is 24.9 Å². The Morgan fingerprint density at radius 3 is 2.96 bits per heavy atom. The number of nitrogen functional groups attached to an aromatic ring is 1. The Morgan fingerprint density at radius 1 is 1.52 bits per heavy atom. The molecule has 12 nitrogen and oxygen atoms in total. The number of aliphatic hydroxyl groups is 2. The number of likely N-dealkylation sites (N-methyl/N-ethyl adjacent to an activating group) is 1. The molecule has 0 aliphatic carbocycles. The Kier molecular flexibility index (Phi) is 5.26. The van der Waals surface area contributed by atoms with E-state index in [1.165, 1.54) is 17.2 Å². The van der Waals surface area contributed by atoms with Crippen LogP contribution in [0.4, 0.5) is 5.82 Å². The molecule has 0 saturated carbocycles. The number of fused-ring (bicyclic) bond motifs is 1. The number of carbonyl (C=O) groups is 1. The van der Waals surface area contributed by atoms with Gasteiger partial charge in [-0.15, -0.1) is 0 Å². The first-order chi connectivity index (χ1) is 12.7. The van der Waals surface area contributed by atoms with E-state index in [0.29, 0.717) is 12.1 Å². The number of hydrogen-bond donors (Lipinski definition) is 5.